The maximum absolute atomic E-state index is 12.3. The van der Waals surface area contributed by atoms with E-state index in [0.29, 0.717) is 25.0 Å². The number of fused-ring (bicyclic) bond motifs is 1. The molecule has 0 saturated heterocycles. The topological polar surface area (TPSA) is 38.3 Å². The fourth-order valence-corrected chi connectivity index (χ4v) is 2.96. The number of hydrogen-bond donors (Lipinski definition) is 1. The molecule has 1 N–H and O–H groups in total. The van der Waals surface area contributed by atoms with Crippen LogP contribution in [-0.2, 0) is 17.6 Å². The molecule has 0 aliphatic heterocycles. The smallest absolute Gasteiger partial charge is 0.471 e. The first kappa shape index (κ1) is 15.2. The molecule has 110 valence electrons. The van der Waals surface area contributed by atoms with Crippen molar-refractivity contribution in [1.29, 1.82) is 0 Å². The summed E-state index contributed by atoms with van der Waals surface area (Å²) in [4.78, 5) is 11.0. The maximum atomic E-state index is 12.3. The Bertz CT molecular complexity index is 531. The molecular weight excluding hydrogens is 339 g/mol. The molecule has 3 nitrogen and oxygen atoms in total. The van der Waals surface area contributed by atoms with E-state index < -0.39 is 18.1 Å². The van der Waals surface area contributed by atoms with Crippen molar-refractivity contribution in [2.75, 3.05) is 7.11 Å². The summed E-state index contributed by atoms with van der Waals surface area (Å²) in [6.07, 6.45) is -3.45. The van der Waals surface area contributed by atoms with Crippen LogP contribution in [0.3, 0.4) is 0 Å². The molecule has 1 aromatic carbocycles. The first-order valence-electron chi connectivity index (χ1n) is 6.05. The van der Waals surface area contributed by atoms with Gasteiger partial charge in [-0.15, -0.1) is 0 Å². The highest BCUT2D eigenvalue weighted by Crippen LogP contribution is 2.35. The minimum Gasteiger partial charge on any atom is -0.496 e. The Hall–Kier alpha value is -1.24. The molecule has 1 aromatic rings. The molecule has 0 bridgehead atoms. The third-order valence-corrected chi connectivity index (χ3v) is 4.08. The van der Waals surface area contributed by atoms with Gasteiger partial charge in [-0.05, 0) is 37.0 Å². The van der Waals surface area contributed by atoms with E-state index in [-0.39, 0.29) is 0 Å². The zero-order valence-electron chi connectivity index (χ0n) is 10.7. The van der Waals surface area contributed by atoms with Crippen LogP contribution in [-0.4, -0.2) is 25.2 Å². The number of amides is 1. The number of rotatable bonds is 2. The Kier molecular flexibility index (Phi) is 4.27. The predicted molar refractivity (Wildman–Crippen MR) is 70.7 cm³/mol. The highest BCUT2D eigenvalue weighted by Gasteiger charge is 2.40. The monoisotopic (exact) mass is 351 g/mol. The van der Waals surface area contributed by atoms with Gasteiger partial charge in [0.1, 0.15) is 5.75 Å². The summed E-state index contributed by atoms with van der Waals surface area (Å²) < 4.78 is 42.9. The van der Waals surface area contributed by atoms with E-state index in [1.54, 1.807) is 6.07 Å². The summed E-state index contributed by atoms with van der Waals surface area (Å²) in [6.45, 7) is 0. The molecule has 2 rings (SSSR count). The van der Waals surface area contributed by atoms with Gasteiger partial charge in [-0.1, -0.05) is 15.9 Å². The number of nitrogens with one attached hydrogen (secondary N) is 1. The standard InChI is InChI=1S/C13H13BrF3NO2/c1-20-11-5-4-10(14)8-3-2-7(6-9(8)11)18-12(19)13(15,16)17/h4-5,7H,2-3,6H2,1H3,(H,18,19). The number of ether oxygens (including phenoxy) is 1. The van der Waals surface area contributed by atoms with Gasteiger partial charge in [0.05, 0.1) is 7.11 Å². The second-order valence-electron chi connectivity index (χ2n) is 4.62. The van der Waals surface area contributed by atoms with Crippen LogP contribution < -0.4 is 10.1 Å². The molecule has 1 atom stereocenters. The summed E-state index contributed by atoms with van der Waals surface area (Å²) >= 11 is 3.42. The van der Waals surface area contributed by atoms with Crippen molar-refractivity contribution < 1.29 is 22.7 Å². The van der Waals surface area contributed by atoms with Crippen LogP contribution in [0.15, 0.2) is 16.6 Å². The van der Waals surface area contributed by atoms with Crippen LogP contribution in [0.4, 0.5) is 13.2 Å². The van der Waals surface area contributed by atoms with Gasteiger partial charge in [0.15, 0.2) is 0 Å². The minimum atomic E-state index is -4.85. The molecule has 0 spiro atoms. The highest BCUT2D eigenvalue weighted by molar-refractivity contribution is 9.10. The van der Waals surface area contributed by atoms with Crippen molar-refractivity contribution in [1.82, 2.24) is 5.32 Å². The van der Waals surface area contributed by atoms with Crippen molar-refractivity contribution in [2.24, 2.45) is 0 Å². The first-order chi connectivity index (χ1) is 9.32. The van der Waals surface area contributed by atoms with Crippen LogP contribution >= 0.6 is 15.9 Å². The van der Waals surface area contributed by atoms with E-state index >= 15 is 0 Å². The molecule has 1 amide bonds. The lowest BCUT2D eigenvalue weighted by Crippen LogP contribution is -2.45. The van der Waals surface area contributed by atoms with Gasteiger partial charge in [-0.3, -0.25) is 4.79 Å². The van der Waals surface area contributed by atoms with Crippen LogP contribution in [0.5, 0.6) is 5.75 Å². The highest BCUT2D eigenvalue weighted by atomic mass is 79.9. The molecule has 0 fully saturated rings. The van der Waals surface area contributed by atoms with Crippen LogP contribution in [0.2, 0.25) is 0 Å². The quantitative estimate of drug-likeness (QED) is 0.889. The molecule has 0 aromatic heterocycles. The second-order valence-corrected chi connectivity index (χ2v) is 5.47. The van der Waals surface area contributed by atoms with Crippen LogP contribution in [0.1, 0.15) is 17.5 Å². The number of methoxy groups -OCH3 is 1. The van der Waals surface area contributed by atoms with E-state index in [4.69, 9.17) is 4.74 Å². The van der Waals surface area contributed by atoms with E-state index in [0.717, 1.165) is 15.6 Å². The molecule has 0 saturated carbocycles. The lowest BCUT2D eigenvalue weighted by molar-refractivity contribution is -0.174. The van der Waals surface area contributed by atoms with Crippen LogP contribution in [0.25, 0.3) is 0 Å². The zero-order chi connectivity index (χ0) is 14.9. The molecule has 1 unspecified atom stereocenters. The molecular formula is C13H13BrF3NO2. The Morgan fingerprint density at radius 3 is 2.70 bits per heavy atom. The lowest BCUT2D eigenvalue weighted by atomic mass is 9.87. The number of carbonyl (C=O) groups is 1. The summed E-state index contributed by atoms with van der Waals surface area (Å²) in [5, 5.41) is 2.04. The normalized spacial score (nSPS) is 18.4. The third-order valence-electron chi connectivity index (χ3n) is 3.34. The molecule has 20 heavy (non-hydrogen) atoms. The first-order valence-corrected chi connectivity index (χ1v) is 6.84. The van der Waals surface area contributed by atoms with Gasteiger partial charge in [0.25, 0.3) is 0 Å². The molecule has 1 aliphatic rings. The number of carbonyl (C=O) groups excluding carboxylic acids is 1. The predicted octanol–water partition coefficient (Wildman–Crippen LogP) is 2.99. The van der Waals surface area contributed by atoms with Crippen molar-refractivity contribution in [2.45, 2.75) is 31.5 Å². The SMILES string of the molecule is COc1ccc(Br)c2c1CC(NC(=O)C(F)(F)F)CC2. The number of hydrogen-bond acceptors (Lipinski definition) is 2. The van der Waals surface area contributed by atoms with Gasteiger partial charge >= 0.3 is 12.1 Å². The second kappa shape index (κ2) is 5.63. The van der Waals surface area contributed by atoms with Crippen molar-refractivity contribution >= 4 is 21.8 Å². The molecule has 1 aliphatic carbocycles. The number of alkyl halides is 3. The molecule has 0 heterocycles. The Morgan fingerprint density at radius 1 is 1.40 bits per heavy atom. The summed E-state index contributed by atoms with van der Waals surface area (Å²) in [7, 11) is 1.52. The fourth-order valence-electron chi connectivity index (χ4n) is 2.39. The van der Waals surface area contributed by atoms with Gasteiger partial charge in [-0.25, -0.2) is 0 Å². The Balaban J connectivity index is 2.18. The van der Waals surface area contributed by atoms with Gasteiger partial charge in [-0.2, -0.15) is 13.2 Å². The lowest BCUT2D eigenvalue weighted by Gasteiger charge is -2.28. The summed E-state index contributed by atoms with van der Waals surface area (Å²) in [5.41, 5.74) is 1.88. The largest absolute Gasteiger partial charge is 0.496 e. The van der Waals surface area contributed by atoms with E-state index in [1.807, 2.05) is 11.4 Å². The fraction of sp³-hybridized carbons (Fsp3) is 0.462. The zero-order valence-corrected chi connectivity index (χ0v) is 12.3. The van der Waals surface area contributed by atoms with E-state index in [2.05, 4.69) is 15.9 Å². The maximum Gasteiger partial charge on any atom is 0.471 e. The van der Waals surface area contributed by atoms with E-state index in [9.17, 15) is 18.0 Å². The van der Waals surface area contributed by atoms with Crippen molar-refractivity contribution in [3.05, 3.63) is 27.7 Å². The molecule has 0 radical (unpaired) electrons. The summed E-state index contributed by atoms with van der Waals surface area (Å²) in [6, 6.07) is 3.09. The van der Waals surface area contributed by atoms with Crippen LogP contribution in [0, 0.1) is 0 Å². The third kappa shape index (κ3) is 3.08. The Morgan fingerprint density at radius 2 is 2.10 bits per heavy atom. The van der Waals surface area contributed by atoms with E-state index in [1.165, 1.54) is 7.11 Å². The minimum absolute atomic E-state index is 0.333. The van der Waals surface area contributed by atoms with Gasteiger partial charge < -0.3 is 10.1 Å². The van der Waals surface area contributed by atoms with Crippen molar-refractivity contribution in [3.63, 3.8) is 0 Å². The number of benzene rings is 1. The number of halogens is 4. The average molecular weight is 352 g/mol. The molecule has 7 heteroatoms. The Labute approximate surface area is 122 Å². The van der Waals surface area contributed by atoms with Gasteiger partial charge in [0, 0.05) is 16.1 Å². The van der Waals surface area contributed by atoms with Gasteiger partial charge in [0.2, 0.25) is 0 Å². The average Bonchev–Trinajstić information content (AvgIpc) is 2.38. The summed E-state index contributed by atoms with van der Waals surface area (Å²) in [5.74, 6) is -1.26. The van der Waals surface area contributed by atoms with Crippen molar-refractivity contribution in [3.8, 4) is 5.75 Å².